The molecule has 0 saturated heterocycles. The van der Waals surface area contributed by atoms with Gasteiger partial charge < -0.3 is 0 Å². The molecule has 1 aliphatic heterocycles. The zero-order chi connectivity index (χ0) is 13.0. The maximum Gasteiger partial charge on any atom is 0.329 e. The molecule has 1 atom stereocenters. The minimum absolute atomic E-state index is 0.0492. The van der Waals surface area contributed by atoms with Gasteiger partial charge in [-0.15, -0.1) is 11.8 Å². The van der Waals surface area contributed by atoms with Gasteiger partial charge in [0.2, 0.25) is 0 Å². The van der Waals surface area contributed by atoms with E-state index in [4.69, 9.17) is 11.6 Å². The van der Waals surface area contributed by atoms with Crippen molar-refractivity contribution in [2.24, 2.45) is 0 Å². The van der Waals surface area contributed by atoms with Crippen molar-refractivity contribution in [3.8, 4) is 0 Å². The molecule has 0 radical (unpaired) electrons. The Kier molecular flexibility index (Phi) is 2.57. The van der Waals surface area contributed by atoms with Gasteiger partial charge >= 0.3 is 5.69 Å². The fourth-order valence-corrected chi connectivity index (χ4v) is 3.82. The van der Waals surface area contributed by atoms with Gasteiger partial charge in [0.1, 0.15) is 0 Å². The number of nitrogens with zero attached hydrogens (tertiary/aromatic N) is 1. The number of aryl methyl sites for hydroxylation is 1. The van der Waals surface area contributed by atoms with E-state index in [9.17, 15) is 9.59 Å². The first kappa shape index (κ1) is 11.9. The average Bonchev–Trinajstić information content (AvgIpc) is 2.31. The summed E-state index contributed by atoms with van der Waals surface area (Å²) >= 11 is 7.89. The van der Waals surface area contributed by atoms with Gasteiger partial charge in [-0.1, -0.05) is 11.6 Å². The van der Waals surface area contributed by atoms with Crippen molar-refractivity contribution in [2.45, 2.75) is 24.8 Å². The fourth-order valence-electron chi connectivity index (χ4n) is 2.32. The third kappa shape index (κ3) is 1.47. The van der Waals surface area contributed by atoms with Gasteiger partial charge in [-0.25, -0.2) is 4.79 Å². The zero-order valence-electron chi connectivity index (χ0n) is 9.91. The van der Waals surface area contributed by atoms with Crippen LogP contribution in [0.5, 0.6) is 0 Å². The molecule has 0 unspecified atom stereocenters. The van der Waals surface area contributed by atoms with Crippen LogP contribution < -0.4 is 11.2 Å². The smallest absolute Gasteiger partial charge is 0.289 e. The monoisotopic (exact) mass is 282 g/mol. The normalized spacial score (nSPS) is 18.3. The fraction of sp³-hybridized carbons (Fsp3) is 0.333. The summed E-state index contributed by atoms with van der Waals surface area (Å²) in [7, 11) is 0. The quantitative estimate of drug-likeness (QED) is 0.807. The summed E-state index contributed by atoms with van der Waals surface area (Å²) < 4.78 is 1.63. The van der Waals surface area contributed by atoms with Crippen LogP contribution in [0.15, 0.2) is 20.6 Å². The number of benzene rings is 1. The lowest BCUT2D eigenvalue weighted by Gasteiger charge is -2.25. The van der Waals surface area contributed by atoms with E-state index in [0.717, 1.165) is 16.2 Å². The topological polar surface area (TPSA) is 54.9 Å². The number of nitrogens with one attached hydrogen (secondary N) is 1. The molecule has 1 N–H and O–H groups in total. The Morgan fingerprint density at radius 3 is 2.94 bits per heavy atom. The molecule has 0 spiro atoms. The maximum absolute atomic E-state index is 11.9. The maximum atomic E-state index is 11.9. The Morgan fingerprint density at radius 1 is 1.50 bits per heavy atom. The minimum atomic E-state index is -0.360. The van der Waals surface area contributed by atoms with Gasteiger partial charge in [0.15, 0.2) is 0 Å². The number of thioether (sulfide) groups is 1. The van der Waals surface area contributed by atoms with Crippen molar-refractivity contribution >= 4 is 34.3 Å². The Bertz CT molecular complexity index is 778. The summed E-state index contributed by atoms with van der Waals surface area (Å²) in [6.07, 6.45) is 0. The Hall–Kier alpha value is -1.20. The van der Waals surface area contributed by atoms with Gasteiger partial charge in [0.25, 0.3) is 5.56 Å². The van der Waals surface area contributed by atoms with E-state index in [1.807, 2.05) is 13.8 Å². The second-order valence-electron chi connectivity index (χ2n) is 4.52. The molecule has 1 aromatic heterocycles. The SMILES string of the molecule is Cc1cc2c(=O)[nH]c(=O)n3c2c(c1Cl)SC[C@@H]3C. The Balaban J connectivity index is 2.66. The summed E-state index contributed by atoms with van der Waals surface area (Å²) in [5.41, 5.74) is 0.823. The van der Waals surface area contributed by atoms with Crippen molar-refractivity contribution in [2.75, 3.05) is 5.75 Å². The minimum Gasteiger partial charge on any atom is -0.289 e. The molecule has 1 aromatic carbocycles. The van der Waals surface area contributed by atoms with Crippen LogP contribution in [0, 0.1) is 6.92 Å². The molecule has 3 rings (SSSR count). The predicted octanol–water partition coefficient (Wildman–Crippen LogP) is 2.32. The van der Waals surface area contributed by atoms with Gasteiger partial charge in [0, 0.05) is 11.8 Å². The van der Waals surface area contributed by atoms with Crippen molar-refractivity contribution in [1.29, 1.82) is 0 Å². The Morgan fingerprint density at radius 2 is 2.22 bits per heavy atom. The van der Waals surface area contributed by atoms with Crippen molar-refractivity contribution in [1.82, 2.24) is 9.55 Å². The molecule has 0 aliphatic carbocycles. The van der Waals surface area contributed by atoms with E-state index in [1.165, 1.54) is 0 Å². The number of aromatic amines is 1. The van der Waals surface area contributed by atoms with Crippen LogP contribution in [0.1, 0.15) is 18.5 Å². The molecule has 18 heavy (non-hydrogen) atoms. The van der Waals surface area contributed by atoms with Crippen LogP contribution in [-0.4, -0.2) is 15.3 Å². The van der Waals surface area contributed by atoms with E-state index in [2.05, 4.69) is 4.98 Å². The third-order valence-corrected chi connectivity index (χ3v) is 5.15. The van der Waals surface area contributed by atoms with Gasteiger partial charge in [0.05, 0.1) is 20.8 Å². The van der Waals surface area contributed by atoms with Gasteiger partial charge in [-0.05, 0) is 25.5 Å². The van der Waals surface area contributed by atoms with Crippen LogP contribution in [0.25, 0.3) is 10.9 Å². The van der Waals surface area contributed by atoms with E-state index in [1.54, 1.807) is 22.4 Å². The van der Waals surface area contributed by atoms with Crippen molar-refractivity contribution in [3.05, 3.63) is 37.5 Å². The number of aromatic nitrogens is 2. The van der Waals surface area contributed by atoms with E-state index in [0.29, 0.717) is 15.9 Å². The zero-order valence-corrected chi connectivity index (χ0v) is 11.5. The molecule has 0 fully saturated rings. The molecular formula is C12H11ClN2O2S. The Labute approximate surface area is 112 Å². The average molecular weight is 283 g/mol. The van der Waals surface area contributed by atoms with Crippen LogP contribution >= 0.6 is 23.4 Å². The number of rotatable bonds is 0. The van der Waals surface area contributed by atoms with Crippen molar-refractivity contribution < 1.29 is 0 Å². The lowest BCUT2D eigenvalue weighted by atomic mass is 10.1. The first-order chi connectivity index (χ1) is 8.50. The summed E-state index contributed by atoms with van der Waals surface area (Å²) in [4.78, 5) is 27.0. The highest BCUT2D eigenvalue weighted by Gasteiger charge is 2.24. The summed E-state index contributed by atoms with van der Waals surface area (Å²) in [6, 6.07) is 1.79. The molecule has 0 bridgehead atoms. The second kappa shape index (κ2) is 3.90. The van der Waals surface area contributed by atoms with Crippen LogP contribution in [0.2, 0.25) is 5.02 Å². The molecule has 1 aliphatic rings. The highest BCUT2D eigenvalue weighted by Crippen LogP contribution is 2.40. The number of hydrogen-bond donors (Lipinski definition) is 1. The number of H-pyrrole nitrogens is 1. The molecule has 0 saturated carbocycles. The van der Waals surface area contributed by atoms with Crippen molar-refractivity contribution in [3.63, 3.8) is 0 Å². The molecule has 6 heteroatoms. The number of hydrogen-bond acceptors (Lipinski definition) is 3. The lowest BCUT2D eigenvalue weighted by molar-refractivity contribution is 0.584. The summed E-state index contributed by atoms with van der Waals surface area (Å²) in [6.45, 7) is 3.83. The first-order valence-electron chi connectivity index (χ1n) is 5.61. The molecular weight excluding hydrogens is 272 g/mol. The molecule has 0 amide bonds. The molecule has 4 nitrogen and oxygen atoms in total. The van der Waals surface area contributed by atoms with Crippen LogP contribution in [-0.2, 0) is 0 Å². The van der Waals surface area contributed by atoms with E-state index in [-0.39, 0.29) is 17.3 Å². The predicted molar refractivity (Wildman–Crippen MR) is 74.0 cm³/mol. The van der Waals surface area contributed by atoms with Crippen LogP contribution in [0.4, 0.5) is 0 Å². The second-order valence-corrected chi connectivity index (χ2v) is 5.93. The van der Waals surface area contributed by atoms with E-state index < -0.39 is 0 Å². The molecule has 94 valence electrons. The largest absolute Gasteiger partial charge is 0.329 e. The lowest BCUT2D eigenvalue weighted by Crippen LogP contribution is -2.34. The number of halogens is 1. The van der Waals surface area contributed by atoms with E-state index >= 15 is 0 Å². The third-order valence-electron chi connectivity index (χ3n) is 3.21. The summed E-state index contributed by atoms with van der Waals surface area (Å²) in [5.74, 6) is 0.775. The van der Waals surface area contributed by atoms with Gasteiger partial charge in [-0.3, -0.25) is 14.3 Å². The standard InChI is InChI=1S/C12H11ClN2O2S/c1-5-3-7-9-10(8(5)13)18-4-6(2)15(9)12(17)14-11(7)16/h3,6H,4H2,1-2H3,(H,14,16,17)/t6-/m0/s1. The molecule has 2 aromatic rings. The highest BCUT2D eigenvalue weighted by atomic mass is 35.5. The van der Waals surface area contributed by atoms with Crippen LogP contribution in [0.3, 0.4) is 0 Å². The molecule has 2 heterocycles. The summed E-state index contributed by atoms with van der Waals surface area (Å²) in [5, 5.41) is 1.17. The first-order valence-corrected chi connectivity index (χ1v) is 6.97. The van der Waals surface area contributed by atoms with Gasteiger partial charge in [-0.2, -0.15) is 0 Å². The highest BCUT2D eigenvalue weighted by molar-refractivity contribution is 7.99.